The third kappa shape index (κ3) is 5.80. The monoisotopic (exact) mass is 367 g/mol. The first-order valence-electron chi connectivity index (χ1n) is 7.61. The second-order valence-electron chi connectivity index (χ2n) is 5.30. The molecule has 0 aromatic heterocycles. The number of carbonyl (C=O) groups is 2. The van der Waals surface area contributed by atoms with E-state index in [2.05, 4.69) is 5.32 Å². The Labute approximate surface area is 147 Å². The van der Waals surface area contributed by atoms with E-state index >= 15 is 0 Å². The highest BCUT2D eigenvalue weighted by atomic mass is 19.4. The van der Waals surface area contributed by atoms with Crippen LogP contribution in [0.4, 0.5) is 18.9 Å². The average Bonchev–Trinajstić information content (AvgIpc) is 2.60. The number of hydrogen-bond acceptors (Lipinski definition) is 4. The van der Waals surface area contributed by atoms with Crippen molar-refractivity contribution in [2.75, 3.05) is 11.9 Å². The molecule has 0 saturated heterocycles. The van der Waals surface area contributed by atoms with Gasteiger partial charge in [0.15, 0.2) is 12.7 Å². The maximum atomic E-state index is 12.5. The molecule has 0 saturated carbocycles. The number of halogens is 3. The Bertz CT molecular complexity index is 745. The van der Waals surface area contributed by atoms with Crippen LogP contribution in [0.5, 0.6) is 5.75 Å². The third-order valence-electron chi connectivity index (χ3n) is 3.23. The van der Waals surface area contributed by atoms with Crippen molar-refractivity contribution < 1.29 is 32.2 Å². The first-order valence-corrected chi connectivity index (χ1v) is 7.61. The van der Waals surface area contributed by atoms with Gasteiger partial charge in [-0.2, -0.15) is 13.2 Å². The van der Waals surface area contributed by atoms with Gasteiger partial charge in [-0.3, -0.25) is 4.79 Å². The van der Waals surface area contributed by atoms with E-state index < -0.39 is 36.3 Å². The number of anilines is 1. The predicted octanol–water partition coefficient (Wildman–Crippen LogP) is 3.65. The Hall–Kier alpha value is -3.03. The minimum Gasteiger partial charge on any atom is -0.479 e. The summed E-state index contributed by atoms with van der Waals surface area (Å²) in [6.07, 6.45) is -5.37. The lowest BCUT2D eigenvalue weighted by molar-refractivity contribution is -0.153. The van der Waals surface area contributed by atoms with E-state index in [4.69, 9.17) is 9.47 Å². The van der Waals surface area contributed by atoms with Crippen LogP contribution < -0.4 is 10.1 Å². The van der Waals surface area contributed by atoms with E-state index in [0.29, 0.717) is 5.75 Å². The fraction of sp³-hybridized carbons (Fsp3) is 0.222. The summed E-state index contributed by atoms with van der Waals surface area (Å²) in [5, 5.41) is 2.34. The molecule has 26 heavy (non-hydrogen) atoms. The molecule has 0 bridgehead atoms. The highest BCUT2D eigenvalue weighted by Crippen LogP contribution is 2.29. The van der Waals surface area contributed by atoms with Gasteiger partial charge in [-0.1, -0.05) is 18.2 Å². The number of nitrogens with one attached hydrogen (secondary N) is 1. The third-order valence-corrected chi connectivity index (χ3v) is 3.23. The lowest BCUT2D eigenvalue weighted by atomic mass is 10.2. The minimum absolute atomic E-state index is 0.160. The predicted molar refractivity (Wildman–Crippen MR) is 87.6 cm³/mol. The smallest absolute Gasteiger partial charge is 0.416 e. The maximum Gasteiger partial charge on any atom is 0.416 e. The molecular weight excluding hydrogens is 351 g/mol. The molecule has 138 valence electrons. The number of hydrogen-bond donors (Lipinski definition) is 1. The van der Waals surface area contributed by atoms with Crippen LogP contribution in [0, 0.1) is 0 Å². The number of benzene rings is 2. The fourth-order valence-electron chi connectivity index (χ4n) is 1.94. The van der Waals surface area contributed by atoms with E-state index in [0.717, 1.165) is 24.3 Å². The van der Waals surface area contributed by atoms with Gasteiger partial charge >= 0.3 is 12.1 Å². The topological polar surface area (TPSA) is 64.6 Å². The molecule has 2 aromatic rings. The van der Waals surface area contributed by atoms with Gasteiger partial charge in [-0.05, 0) is 43.3 Å². The lowest BCUT2D eigenvalue weighted by Gasteiger charge is -2.14. The summed E-state index contributed by atoms with van der Waals surface area (Å²) in [5.41, 5.74) is -0.665. The average molecular weight is 367 g/mol. The molecule has 0 aliphatic carbocycles. The van der Waals surface area contributed by atoms with Crippen molar-refractivity contribution in [3.05, 3.63) is 60.2 Å². The Morgan fingerprint density at radius 2 is 1.65 bits per heavy atom. The first kappa shape index (κ1) is 19.3. The normalized spacial score (nSPS) is 12.2. The van der Waals surface area contributed by atoms with Crippen molar-refractivity contribution in [3.63, 3.8) is 0 Å². The van der Waals surface area contributed by atoms with Crippen molar-refractivity contribution in [1.82, 2.24) is 0 Å². The molecule has 0 heterocycles. The van der Waals surface area contributed by atoms with Crippen molar-refractivity contribution in [2.24, 2.45) is 0 Å². The Kier molecular flexibility index (Phi) is 6.21. The van der Waals surface area contributed by atoms with E-state index in [9.17, 15) is 22.8 Å². The zero-order chi connectivity index (χ0) is 19.2. The number of amides is 1. The zero-order valence-corrected chi connectivity index (χ0v) is 13.7. The second kappa shape index (κ2) is 8.37. The molecule has 2 rings (SSSR count). The number of esters is 1. The largest absolute Gasteiger partial charge is 0.479 e. The summed E-state index contributed by atoms with van der Waals surface area (Å²) in [6, 6.07) is 12.5. The number of carbonyl (C=O) groups excluding carboxylic acids is 2. The summed E-state index contributed by atoms with van der Waals surface area (Å²) in [4.78, 5) is 23.5. The molecule has 8 heteroatoms. The molecule has 1 N–H and O–H groups in total. The van der Waals surface area contributed by atoms with Gasteiger partial charge in [0, 0.05) is 5.69 Å². The Morgan fingerprint density at radius 3 is 2.23 bits per heavy atom. The van der Waals surface area contributed by atoms with Crippen LogP contribution in [-0.4, -0.2) is 24.6 Å². The summed E-state index contributed by atoms with van der Waals surface area (Å²) in [5.74, 6) is -0.937. The van der Waals surface area contributed by atoms with Gasteiger partial charge < -0.3 is 14.8 Å². The Balaban J connectivity index is 1.80. The summed E-state index contributed by atoms with van der Waals surface area (Å²) in [7, 11) is 0. The fourth-order valence-corrected chi connectivity index (χ4v) is 1.94. The molecule has 0 radical (unpaired) electrons. The van der Waals surface area contributed by atoms with Crippen LogP contribution >= 0.6 is 0 Å². The molecule has 0 fully saturated rings. The van der Waals surface area contributed by atoms with Crippen LogP contribution in [0.3, 0.4) is 0 Å². The number of ether oxygens (including phenoxy) is 2. The number of para-hydroxylation sites is 1. The highest BCUT2D eigenvalue weighted by Gasteiger charge is 2.30. The van der Waals surface area contributed by atoms with Gasteiger partial charge in [-0.25, -0.2) is 4.79 Å². The van der Waals surface area contributed by atoms with Gasteiger partial charge in [0.2, 0.25) is 0 Å². The van der Waals surface area contributed by atoms with Crippen LogP contribution in [0.2, 0.25) is 0 Å². The zero-order valence-electron chi connectivity index (χ0n) is 13.7. The maximum absolute atomic E-state index is 12.5. The van der Waals surface area contributed by atoms with Crippen LogP contribution in [0.25, 0.3) is 0 Å². The van der Waals surface area contributed by atoms with Gasteiger partial charge in [0.1, 0.15) is 5.75 Å². The van der Waals surface area contributed by atoms with Crippen molar-refractivity contribution in [3.8, 4) is 5.75 Å². The summed E-state index contributed by atoms with van der Waals surface area (Å²) < 4.78 is 47.6. The second-order valence-corrected chi connectivity index (χ2v) is 5.30. The van der Waals surface area contributed by atoms with Gasteiger partial charge in [0.05, 0.1) is 5.56 Å². The van der Waals surface area contributed by atoms with E-state index in [1.807, 2.05) is 0 Å². The highest BCUT2D eigenvalue weighted by molar-refractivity contribution is 5.93. The standard InChI is InChI=1S/C18H16F3NO4/c1-12(26-15-5-3-2-4-6-15)17(24)25-11-16(23)22-14-9-7-13(8-10-14)18(19,20)21/h2-10,12H,11H2,1H3,(H,22,23)/t12-/m0/s1. The van der Waals surface area contributed by atoms with Crippen molar-refractivity contribution in [1.29, 1.82) is 0 Å². The SMILES string of the molecule is C[C@H](Oc1ccccc1)C(=O)OCC(=O)Nc1ccc(C(F)(F)F)cc1. The van der Waals surface area contributed by atoms with Crippen molar-refractivity contribution >= 4 is 17.6 Å². The molecular formula is C18H16F3NO4. The minimum atomic E-state index is -4.45. The number of rotatable bonds is 6. The molecule has 1 atom stereocenters. The summed E-state index contributed by atoms with van der Waals surface area (Å²) >= 11 is 0. The van der Waals surface area contributed by atoms with E-state index in [1.54, 1.807) is 30.3 Å². The van der Waals surface area contributed by atoms with E-state index in [-0.39, 0.29) is 5.69 Å². The quantitative estimate of drug-likeness (QED) is 0.792. The van der Waals surface area contributed by atoms with Gasteiger partial charge in [-0.15, -0.1) is 0 Å². The first-order chi connectivity index (χ1) is 12.3. The van der Waals surface area contributed by atoms with Crippen LogP contribution in [-0.2, 0) is 20.5 Å². The molecule has 0 aliphatic rings. The van der Waals surface area contributed by atoms with Crippen LogP contribution in [0.15, 0.2) is 54.6 Å². The lowest BCUT2D eigenvalue weighted by Crippen LogP contribution is -2.29. The molecule has 0 spiro atoms. The summed E-state index contributed by atoms with van der Waals surface area (Å²) in [6.45, 7) is 0.894. The van der Waals surface area contributed by atoms with E-state index in [1.165, 1.54) is 6.92 Å². The molecule has 5 nitrogen and oxygen atoms in total. The molecule has 0 unspecified atom stereocenters. The molecule has 1 amide bonds. The van der Waals surface area contributed by atoms with Crippen molar-refractivity contribution in [2.45, 2.75) is 19.2 Å². The van der Waals surface area contributed by atoms with Gasteiger partial charge in [0.25, 0.3) is 5.91 Å². The molecule has 2 aromatic carbocycles. The molecule has 0 aliphatic heterocycles. The number of alkyl halides is 3. The Morgan fingerprint density at radius 1 is 1.04 bits per heavy atom. The van der Waals surface area contributed by atoms with Crippen LogP contribution in [0.1, 0.15) is 12.5 Å².